The van der Waals surface area contributed by atoms with E-state index in [4.69, 9.17) is 4.74 Å². The van der Waals surface area contributed by atoms with E-state index >= 15 is 0 Å². The maximum Gasteiger partial charge on any atom is 0.119 e. The molecule has 2 aromatic carbocycles. The van der Waals surface area contributed by atoms with Crippen LogP contribution in [-0.4, -0.2) is 18.3 Å². The highest BCUT2D eigenvalue weighted by atomic mass is 79.9. The molecule has 0 aliphatic heterocycles. The maximum absolute atomic E-state index is 10.5. The highest BCUT2D eigenvalue weighted by Crippen LogP contribution is 2.50. The zero-order valence-corrected chi connectivity index (χ0v) is 13.6. The normalized spacial score (nSPS) is 21.9. The number of hydrogen-bond donors (Lipinski definition) is 1. The van der Waals surface area contributed by atoms with Crippen LogP contribution in [0.5, 0.6) is 5.75 Å². The van der Waals surface area contributed by atoms with Crippen LogP contribution in [0, 0.1) is 5.92 Å². The lowest BCUT2D eigenvalue weighted by molar-refractivity contribution is 0.149. The first-order chi connectivity index (χ1) is 10.2. The molecule has 110 valence electrons. The lowest BCUT2D eigenvalue weighted by atomic mass is 10.0. The zero-order chi connectivity index (χ0) is 14.8. The summed E-state index contributed by atoms with van der Waals surface area (Å²) >= 11 is 3.55. The van der Waals surface area contributed by atoms with Gasteiger partial charge in [0.05, 0.1) is 13.2 Å². The second kappa shape index (κ2) is 6.20. The molecule has 1 N–H and O–H groups in total. The minimum Gasteiger partial charge on any atom is -0.497 e. The zero-order valence-electron chi connectivity index (χ0n) is 12.0. The number of rotatable bonds is 5. The summed E-state index contributed by atoms with van der Waals surface area (Å²) < 4.78 is 6.28. The quantitative estimate of drug-likeness (QED) is 0.880. The Balaban J connectivity index is 1.67. The van der Waals surface area contributed by atoms with Crippen molar-refractivity contribution in [3.63, 3.8) is 0 Å². The Hall–Kier alpha value is -1.32. The van der Waals surface area contributed by atoms with Crippen LogP contribution in [0.3, 0.4) is 0 Å². The van der Waals surface area contributed by atoms with E-state index < -0.39 is 0 Å². The van der Waals surface area contributed by atoms with Gasteiger partial charge in [0.25, 0.3) is 0 Å². The Morgan fingerprint density at radius 1 is 1.24 bits per heavy atom. The summed E-state index contributed by atoms with van der Waals surface area (Å²) in [6.07, 6.45) is 1.43. The van der Waals surface area contributed by atoms with Gasteiger partial charge >= 0.3 is 0 Å². The molecule has 0 aromatic heterocycles. The Labute approximate surface area is 133 Å². The monoisotopic (exact) mass is 346 g/mol. The number of ether oxygens (including phenoxy) is 1. The third-order valence-electron chi connectivity index (χ3n) is 4.24. The van der Waals surface area contributed by atoms with Crippen LogP contribution in [0.25, 0.3) is 0 Å². The molecule has 1 fully saturated rings. The second-order valence-electron chi connectivity index (χ2n) is 5.65. The van der Waals surface area contributed by atoms with Gasteiger partial charge in [-0.15, -0.1) is 0 Å². The summed E-state index contributed by atoms with van der Waals surface area (Å²) in [4.78, 5) is 0. The number of aliphatic hydroxyl groups is 1. The van der Waals surface area contributed by atoms with Gasteiger partial charge in [-0.1, -0.05) is 46.3 Å². The highest BCUT2D eigenvalue weighted by Gasteiger charge is 2.43. The minimum atomic E-state index is -0.307. The first-order valence-electron chi connectivity index (χ1n) is 7.24. The van der Waals surface area contributed by atoms with Gasteiger partial charge in [0.2, 0.25) is 0 Å². The van der Waals surface area contributed by atoms with Crippen molar-refractivity contribution in [2.75, 3.05) is 7.11 Å². The van der Waals surface area contributed by atoms with Crippen LogP contribution in [0.15, 0.2) is 53.0 Å². The second-order valence-corrected chi connectivity index (χ2v) is 6.50. The van der Waals surface area contributed by atoms with Crippen LogP contribution in [0.4, 0.5) is 0 Å². The molecule has 3 heteroatoms. The molecule has 1 saturated carbocycles. The molecule has 0 heterocycles. The fourth-order valence-corrected chi connectivity index (χ4v) is 3.34. The standard InChI is InChI=1S/C18H19BrO2/c1-21-14-7-8-17(19)13(9-14)10-18(20)16-11-15(16)12-5-3-2-4-6-12/h2-9,15-16,18,20H,10-11H2,1H3. The molecule has 0 spiro atoms. The molecule has 2 aromatic rings. The minimum absolute atomic E-state index is 0.307. The molecule has 3 atom stereocenters. The average Bonchev–Trinajstić information content (AvgIpc) is 3.31. The Morgan fingerprint density at radius 2 is 2.00 bits per heavy atom. The van der Waals surface area contributed by atoms with E-state index in [1.165, 1.54) is 5.56 Å². The summed E-state index contributed by atoms with van der Waals surface area (Å²) in [5, 5.41) is 10.5. The molecule has 0 amide bonds. The van der Waals surface area contributed by atoms with E-state index in [-0.39, 0.29) is 6.10 Å². The van der Waals surface area contributed by atoms with Gasteiger partial charge in [-0.2, -0.15) is 0 Å². The van der Waals surface area contributed by atoms with Gasteiger partial charge in [-0.25, -0.2) is 0 Å². The molecule has 0 saturated heterocycles. The van der Waals surface area contributed by atoms with Crippen LogP contribution in [-0.2, 0) is 6.42 Å². The maximum atomic E-state index is 10.5. The lowest BCUT2D eigenvalue weighted by Crippen LogP contribution is -2.14. The van der Waals surface area contributed by atoms with Gasteiger partial charge < -0.3 is 9.84 Å². The summed E-state index contributed by atoms with van der Waals surface area (Å²) in [6, 6.07) is 16.4. The number of halogens is 1. The fourth-order valence-electron chi connectivity index (χ4n) is 2.93. The van der Waals surface area contributed by atoms with E-state index in [1.807, 2.05) is 24.3 Å². The number of hydrogen-bond acceptors (Lipinski definition) is 2. The van der Waals surface area contributed by atoms with Crippen molar-refractivity contribution in [3.8, 4) is 5.75 Å². The van der Waals surface area contributed by atoms with E-state index in [1.54, 1.807) is 7.11 Å². The number of aliphatic hydroxyl groups excluding tert-OH is 1. The van der Waals surface area contributed by atoms with E-state index in [2.05, 4.69) is 40.2 Å². The summed E-state index contributed by atoms with van der Waals surface area (Å²) in [5.41, 5.74) is 2.44. The predicted molar refractivity (Wildman–Crippen MR) is 87.7 cm³/mol. The molecule has 1 aliphatic rings. The Morgan fingerprint density at radius 3 is 2.71 bits per heavy atom. The van der Waals surface area contributed by atoms with Crippen molar-refractivity contribution in [1.82, 2.24) is 0 Å². The van der Waals surface area contributed by atoms with Crippen molar-refractivity contribution in [3.05, 3.63) is 64.1 Å². The number of benzene rings is 2. The van der Waals surface area contributed by atoms with Gasteiger partial charge in [-0.05, 0) is 54.0 Å². The average molecular weight is 347 g/mol. The van der Waals surface area contributed by atoms with E-state index in [0.29, 0.717) is 18.3 Å². The molecule has 3 rings (SSSR count). The van der Waals surface area contributed by atoms with Crippen molar-refractivity contribution < 1.29 is 9.84 Å². The molecule has 0 radical (unpaired) electrons. The largest absolute Gasteiger partial charge is 0.497 e. The van der Waals surface area contributed by atoms with Gasteiger partial charge in [0.1, 0.15) is 5.75 Å². The molecule has 3 unspecified atom stereocenters. The molecule has 0 bridgehead atoms. The van der Waals surface area contributed by atoms with Crippen LogP contribution < -0.4 is 4.74 Å². The van der Waals surface area contributed by atoms with E-state index in [0.717, 1.165) is 22.2 Å². The summed E-state index contributed by atoms with van der Waals surface area (Å²) in [7, 11) is 1.66. The first kappa shape index (κ1) is 14.6. The first-order valence-corrected chi connectivity index (χ1v) is 8.03. The third-order valence-corrected chi connectivity index (χ3v) is 5.02. The van der Waals surface area contributed by atoms with Crippen molar-refractivity contribution in [2.24, 2.45) is 5.92 Å². The van der Waals surface area contributed by atoms with Crippen molar-refractivity contribution in [2.45, 2.75) is 24.9 Å². The molecular formula is C18H19BrO2. The highest BCUT2D eigenvalue weighted by molar-refractivity contribution is 9.10. The fraction of sp³-hybridized carbons (Fsp3) is 0.333. The Bertz CT molecular complexity index is 612. The SMILES string of the molecule is COc1ccc(Br)c(CC(O)C2CC2c2ccccc2)c1. The van der Waals surface area contributed by atoms with Crippen molar-refractivity contribution in [1.29, 1.82) is 0 Å². The molecule has 1 aliphatic carbocycles. The summed E-state index contributed by atoms with van der Waals surface area (Å²) in [5.74, 6) is 1.70. The van der Waals surface area contributed by atoms with Gasteiger partial charge in [0.15, 0.2) is 0 Å². The lowest BCUT2D eigenvalue weighted by Gasteiger charge is -2.13. The van der Waals surface area contributed by atoms with Crippen LogP contribution in [0.2, 0.25) is 0 Å². The molecular weight excluding hydrogens is 328 g/mol. The van der Waals surface area contributed by atoms with Crippen LogP contribution in [0.1, 0.15) is 23.5 Å². The third kappa shape index (κ3) is 3.30. The summed E-state index contributed by atoms with van der Waals surface area (Å²) in [6.45, 7) is 0. The van der Waals surface area contributed by atoms with Crippen molar-refractivity contribution >= 4 is 15.9 Å². The smallest absolute Gasteiger partial charge is 0.119 e. The Kier molecular flexibility index (Phi) is 4.32. The van der Waals surface area contributed by atoms with E-state index in [9.17, 15) is 5.11 Å². The van der Waals surface area contributed by atoms with Gasteiger partial charge in [-0.3, -0.25) is 0 Å². The van der Waals surface area contributed by atoms with Crippen LogP contribution >= 0.6 is 15.9 Å². The number of methoxy groups -OCH3 is 1. The van der Waals surface area contributed by atoms with Gasteiger partial charge in [0, 0.05) is 4.47 Å². The predicted octanol–water partition coefficient (Wildman–Crippen LogP) is 4.16. The topological polar surface area (TPSA) is 29.5 Å². The molecule has 21 heavy (non-hydrogen) atoms. The molecule has 2 nitrogen and oxygen atoms in total.